The van der Waals surface area contributed by atoms with E-state index in [4.69, 9.17) is 0 Å². The second-order valence-corrected chi connectivity index (χ2v) is 7.02. The summed E-state index contributed by atoms with van der Waals surface area (Å²) >= 11 is 0. The molecule has 3 heterocycles. The maximum atomic E-state index is 12.9. The molecular weight excluding hydrogens is 376 g/mol. The van der Waals surface area contributed by atoms with Gasteiger partial charge in [-0.25, -0.2) is 9.78 Å². The number of hydrogen-bond donors (Lipinski definition) is 2. The number of nitrogens with one attached hydrogen (secondary N) is 2. The summed E-state index contributed by atoms with van der Waals surface area (Å²) in [5.74, 6) is -0.227. The number of hydrogen-bond acceptors (Lipinski definition) is 6. The smallest absolute Gasteiger partial charge is 0.329 e. The Kier molecular flexibility index (Phi) is 6.42. The van der Waals surface area contributed by atoms with E-state index in [2.05, 4.69) is 15.3 Å². The molecule has 156 valence electrons. The van der Waals surface area contributed by atoms with Crippen molar-refractivity contribution in [3.63, 3.8) is 0 Å². The molecule has 0 aromatic carbocycles. The van der Waals surface area contributed by atoms with Crippen LogP contribution in [0.4, 0.5) is 0 Å². The fourth-order valence-corrected chi connectivity index (χ4v) is 3.39. The summed E-state index contributed by atoms with van der Waals surface area (Å²) in [7, 11) is 0. The number of nitrogens with zero attached hydrogens (tertiary/aromatic N) is 4. The van der Waals surface area contributed by atoms with Crippen molar-refractivity contribution in [2.75, 3.05) is 39.3 Å². The fraction of sp³-hybridized carbons (Fsp3) is 0.526. The molecule has 1 aliphatic heterocycles. The van der Waals surface area contributed by atoms with Crippen molar-refractivity contribution < 1.29 is 9.59 Å². The van der Waals surface area contributed by atoms with E-state index in [1.54, 1.807) is 11.8 Å². The predicted octanol–water partition coefficient (Wildman–Crippen LogP) is -0.611. The van der Waals surface area contributed by atoms with Crippen LogP contribution < -0.4 is 16.6 Å². The molecule has 1 aliphatic rings. The molecule has 3 rings (SSSR count). The van der Waals surface area contributed by atoms with Crippen LogP contribution in [-0.2, 0) is 11.3 Å². The highest BCUT2D eigenvalue weighted by molar-refractivity contribution is 5.96. The second kappa shape index (κ2) is 8.99. The standard InChI is InChI=1S/C19H26N6O4/c1-3-5-20-15(26)12-23-6-8-24(9-7-23)18(28)13-10-14-16(21-11-13)25(4-2)19(29)22-17(14)27/h10-11H,3-9,12H2,1-2H3,(H,20,26)(H,22,27,29). The lowest BCUT2D eigenvalue weighted by molar-refractivity contribution is -0.122. The number of carbonyl (C=O) groups excluding carboxylic acids is 2. The van der Waals surface area contributed by atoms with E-state index in [9.17, 15) is 19.2 Å². The summed E-state index contributed by atoms with van der Waals surface area (Å²) < 4.78 is 1.35. The molecule has 0 radical (unpaired) electrons. The molecule has 0 unspecified atom stereocenters. The molecule has 1 saturated heterocycles. The minimum absolute atomic E-state index is 0.00782. The molecule has 2 aromatic rings. The lowest BCUT2D eigenvalue weighted by atomic mass is 10.2. The molecule has 0 spiro atoms. The van der Waals surface area contributed by atoms with Crippen LogP contribution in [0.2, 0.25) is 0 Å². The number of carbonyl (C=O) groups is 2. The lowest BCUT2D eigenvalue weighted by Gasteiger charge is -2.34. The summed E-state index contributed by atoms with van der Waals surface area (Å²) in [6.07, 6.45) is 2.30. The molecule has 10 nitrogen and oxygen atoms in total. The third-order valence-corrected chi connectivity index (χ3v) is 4.99. The number of aryl methyl sites for hydroxylation is 1. The van der Waals surface area contributed by atoms with Gasteiger partial charge in [0.05, 0.1) is 17.5 Å². The van der Waals surface area contributed by atoms with Crippen molar-refractivity contribution in [3.8, 4) is 0 Å². The van der Waals surface area contributed by atoms with Gasteiger partial charge in [0.15, 0.2) is 0 Å². The lowest BCUT2D eigenvalue weighted by Crippen LogP contribution is -2.51. The largest absolute Gasteiger partial charge is 0.355 e. The normalized spacial score (nSPS) is 14.9. The molecule has 10 heteroatoms. The average Bonchev–Trinajstić information content (AvgIpc) is 2.72. The van der Waals surface area contributed by atoms with Gasteiger partial charge in [-0.2, -0.15) is 0 Å². The van der Waals surface area contributed by atoms with Crippen molar-refractivity contribution in [2.45, 2.75) is 26.8 Å². The van der Waals surface area contributed by atoms with Crippen molar-refractivity contribution in [1.29, 1.82) is 0 Å². The van der Waals surface area contributed by atoms with Gasteiger partial charge in [-0.15, -0.1) is 0 Å². The molecule has 1 fully saturated rings. The highest BCUT2D eigenvalue weighted by atomic mass is 16.2. The Morgan fingerprint density at radius 1 is 1.17 bits per heavy atom. The van der Waals surface area contributed by atoms with Crippen LogP contribution in [-0.4, -0.2) is 75.4 Å². The van der Waals surface area contributed by atoms with Crippen molar-refractivity contribution in [1.82, 2.24) is 29.7 Å². The van der Waals surface area contributed by atoms with Gasteiger partial charge in [-0.1, -0.05) is 6.92 Å². The Labute approximate surface area is 167 Å². The van der Waals surface area contributed by atoms with Gasteiger partial charge in [0.1, 0.15) is 5.65 Å². The Hall–Kier alpha value is -3.01. The third kappa shape index (κ3) is 4.53. The minimum Gasteiger partial charge on any atom is -0.355 e. The average molecular weight is 402 g/mol. The first-order valence-electron chi connectivity index (χ1n) is 9.85. The van der Waals surface area contributed by atoms with Crippen LogP contribution in [0.25, 0.3) is 11.0 Å². The molecule has 2 N–H and O–H groups in total. The molecular formula is C19H26N6O4. The van der Waals surface area contributed by atoms with Gasteiger partial charge in [0, 0.05) is 45.5 Å². The summed E-state index contributed by atoms with van der Waals surface area (Å²) in [6.45, 7) is 7.31. The fourth-order valence-electron chi connectivity index (χ4n) is 3.39. The monoisotopic (exact) mass is 402 g/mol. The Balaban J connectivity index is 1.70. The zero-order chi connectivity index (χ0) is 21.0. The molecule has 2 amide bonds. The predicted molar refractivity (Wildman–Crippen MR) is 108 cm³/mol. The van der Waals surface area contributed by atoms with Crippen molar-refractivity contribution >= 4 is 22.8 Å². The summed E-state index contributed by atoms with van der Waals surface area (Å²) in [5.41, 5.74) is -0.505. The van der Waals surface area contributed by atoms with Crippen molar-refractivity contribution in [3.05, 3.63) is 38.7 Å². The van der Waals surface area contributed by atoms with E-state index in [0.717, 1.165) is 6.42 Å². The van der Waals surface area contributed by atoms with Gasteiger partial charge < -0.3 is 10.2 Å². The Morgan fingerprint density at radius 3 is 2.55 bits per heavy atom. The van der Waals surface area contributed by atoms with Crippen LogP contribution in [0.1, 0.15) is 30.6 Å². The topological polar surface area (TPSA) is 120 Å². The van der Waals surface area contributed by atoms with Gasteiger partial charge >= 0.3 is 5.69 Å². The Morgan fingerprint density at radius 2 is 1.90 bits per heavy atom. The van der Waals surface area contributed by atoms with Crippen LogP contribution in [0.15, 0.2) is 21.9 Å². The van der Waals surface area contributed by atoms with Gasteiger partial charge in [-0.05, 0) is 19.4 Å². The third-order valence-electron chi connectivity index (χ3n) is 4.99. The molecule has 2 aromatic heterocycles. The minimum atomic E-state index is -0.556. The zero-order valence-electron chi connectivity index (χ0n) is 16.7. The number of aromatic nitrogens is 3. The van der Waals surface area contributed by atoms with E-state index < -0.39 is 11.2 Å². The van der Waals surface area contributed by atoms with Crippen LogP contribution in [0.5, 0.6) is 0 Å². The zero-order valence-corrected chi connectivity index (χ0v) is 16.7. The second-order valence-electron chi connectivity index (χ2n) is 7.02. The first-order chi connectivity index (χ1) is 13.9. The maximum absolute atomic E-state index is 12.9. The number of rotatable bonds is 6. The van der Waals surface area contributed by atoms with E-state index in [1.165, 1.54) is 16.8 Å². The summed E-state index contributed by atoms with van der Waals surface area (Å²) in [6, 6.07) is 1.49. The molecule has 0 bridgehead atoms. The quantitative estimate of drug-likeness (QED) is 0.665. The van der Waals surface area contributed by atoms with E-state index in [0.29, 0.717) is 51.4 Å². The number of amides is 2. The van der Waals surface area contributed by atoms with Gasteiger partial charge in [0.25, 0.3) is 11.5 Å². The van der Waals surface area contributed by atoms with Gasteiger partial charge in [0.2, 0.25) is 5.91 Å². The van der Waals surface area contributed by atoms with Crippen LogP contribution in [0, 0.1) is 0 Å². The number of piperazine rings is 1. The van der Waals surface area contributed by atoms with Gasteiger partial charge in [-0.3, -0.25) is 28.8 Å². The highest BCUT2D eigenvalue weighted by Gasteiger charge is 2.24. The summed E-state index contributed by atoms with van der Waals surface area (Å²) in [5, 5.41) is 3.06. The van der Waals surface area contributed by atoms with E-state index in [-0.39, 0.29) is 22.8 Å². The van der Waals surface area contributed by atoms with Crippen LogP contribution >= 0.6 is 0 Å². The SMILES string of the molecule is CCCNC(=O)CN1CCN(C(=O)c2cnc3c(c2)c(=O)[nH]c(=O)n3CC)CC1. The summed E-state index contributed by atoms with van der Waals surface area (Å²) in [4.78, 5) is 58.9. The number of fused-ring (bicyclic) bond motifs is 1. The number of pyridine rings is 1. The van der Waals surface area contributed by atoms with E-state index >= 15 is 0 Å². The van der Waals surface area contributed by atoms with Crippen LogP contribution in [0.3, 0.4) is 0 Å². The highest BCUT2D eigenvalue weighted by Crippen LogP contribution is 2.12. The number of H-pyrrole nitrogens is 1. The maximum Gasteiger partial charge on any atom is 0.329 e. The molecule has 0 aliphatic carbocycles. The first kappa shape index (κ1) is 20.7. The molecule has 0 atom stereocenters. The van der Waals surface area contributed by atoms with E-state index in [1.807, 2.05) is 11.8 Å². The molecule has 29 heavy (non-hydrogen) atoms. The first-order valence-corrected chi connectivity index (χ1v) is 9.85. The molecule has 0 saturated carbocycles. The Bertz CT molecular complexity index is 1020. The number of aromatic amines is 1. The van der Waals surface area contributed by atoms with Crippen molar-refractivity contribution in [2.24, 2.45) is 0 Å².